The lowest BCUT2D eigenvalue weighted by atomic mass is 9.93. The summed E-state index contributed by atoms with van der Waals surface area (Å²) in [6.07, 6.45) is -6.18. The normalized spacial score (nSPS) is 14.2. The van der Waals surface area contributed by atoms with Gasteiger partial charge < -0.3 is 10.1 Å². The van der Waals surface area contributed by atoms with Crippen LogP contribution in [0, 0.1) is 0 Å². The molecule has 0 fully saturated rings. The van der Waals surface area contributed by atoms with Gasteiger partial charge in [-0.2, -0.15) is 57.1 Å². The molecule has 1 aromatic carbocycles. The Labute approximate surface area is 176 Å². The summed E-state index contributed by atoms with van der Waals surface area (Å²) in [5, 5.41) is 0.963. The predicted molar refractivity (Wildman–Crippen MR) is 86.3 cm³/mol. The van der Waals surface area contributed by atoms with E-state index in [-0.39, 0.29) is 12.4 Å². The predicted octanol–water partition coefficient (Wildman–Crippen LogP) is 6.54. The molecule has 1 aromatic rings. The molecule has 0 aromatic heterocycles. The number of carbonyl (C=O) groups excluding carboxylic acids is 1. The Morgan fingerprint density at radius 2 is 1.21 bits per heavy atom. The van der Waals surface area contributed by atoms with Crippen LogP contribution in [0.1, 0.15) is 19.8 Å². The first kappa shape index (κ1) is 28.6. The Hall–Kier alpha value is -2.42. The van der Waals surface area contributed by atoms with Crippen molar-refractivity contribution in [3.8, 4) is 5.75 Å². The van der Waals surface area contributed by atoms with Crippen molar-refractivity contribution in [2.75, 3.05) is 11.9 Å². The van der Waals surface area contributed by atoms with Crippen LogP contribution in [-0.4, -0.2) is 48.3 Å². The quantitative estimate of drug-likeness (QED) is 0.286. The second-order valence-electron chi connectivity index (χ2n) is 6.55. The topological polar surface area (TPSA) is 38.3 Å². The van der Waals surface area contributed by atoms with Crippen molar-refractivity contribution < 1.29 is 66.6 Å². The summed E-state index contributed by atoms with van der Waals surface area (Å²) in [6.45, 7) is 2.03. The maximum absolute atomic E-state index is 13.8. The van der Waals surface area contributed by atoms with E-state index in [0.29, 0.717) is 6.42 Å². The average Bonchev–Trinajstić information content (AvgIpc) is 2.67. The van der Waals surface area contributed by atoms with E-state index in [9.17, 15) is 61.9 Å². The first-order valence-electron chi connectivity index (χ1n) is 8.68. The van der Waals surface area contributed by atoms with E-state index in [4.69, 9.17) is 4.74 Å². The molecule has 0 spiro atoms. The molecule has 0 radical (unpaired) electrons. The van der Waals surface area contributed by atoms with Crippen molar-refractivity contribution in [3.05, 3.63) is 24.3 Å². The number of alkyl halides is 13. The molecule has 3 nitrogen and oxygen atoms in total. The van der Waals surface area contributed by atoms with Crippen molar-refractivity contribution in [1.29, 1.82) is 0 Å². The van der Waals surface area contributed by atoms with Crippen LogP contribution in [0.25, 0.3) is 0 Å². The maximum atomic E-state index is 13.8. The summed E-state index contributed by atoms with van der Waals surface area (Å²) in [7, 11) is 0. The third-order valence-electron chi connectivity index (χ3n) is 4.10. The van der Waals surface area contributed by atoms with Gasteiger partial charge in [0.25, 0.3) is 0 Å². The third kappa shape index (κ3) is 4.93. The molecular formula is C17H14F13NO2. The monoisotopic (exact) mass is 511 g/mol. The maximum Gasteiger partial charge on any atom is 0.460 e. The summed E-state index contributed by atoms with van der Waals surface area (Å²) in [5.41, 5.74) is -0.769. The fraction of sp³-hybridized carbons (Fsp3) is 0.588. The van der Waals surface area contributed by atoms with Gasteiger partial charge in [0.15, 0.2) is 0 Å². The van der Waals surface area contributed by atoms with Crippen molar-refractivity contribution in [2.45, 2.75) is 55.6 Å². The van der Waals surface area contributed by atoms with E-state index in [1.807, 2.05) is 6.92 Å². The Bertz CT molecular complexity index is 819. The van der Waals surface area contributed by atoms with Crippen LogP contribution in [-0.2, 0) is 4.79 Å². The Balaban J connectivity index is 3.19. The van der Waals surface area contributed by atoms with Gasteiger partial charge in [-0.05, 0) is 30.7 Å². The van der Waals surface area contributed by atoms with Gasteiger partial charge in [0.05, 0.1) is 6.61 Å². The zero-order valence-electron chi connectivity index (χ0n) is 16.2. The molecule has 33 heavy (non-hydrogen) atoms. The van der Waals surface area contributed by atoms with Crippen LogP contribution in [0.2, 0.25) is 0 Å². The largest absolute Gasteiger partial charge is 0.494 e. The van der Waals surface area contributed by atoms with Gasteiger partial charge in [0.2, 0.25) is 0 Å². The average molecular weight is 511 g/mol. The number of benzene rings is 1. The Morgan fingerprint density at radius 1 is 0.758 bits per heavy atom. The summed E-state index contributed by atoms with van der Waals surface area (Å²) in [6, 6.07) is 3.51. The number of anilines is 1. The van der Waals surface area contributed by atoms with Gasteiger partial charge in [0.1, 0.15) is 5.75 Å². The third-order valence-corrected chi connectivity index (χ3v) is 4.10. The number of hydrogen-bond donors (Lipinski definition) is 1. The Kier molecular flexibility index (Phi) is 7.87. The molecule has 1 amide bonds. The van der Waals surface area contributed by atoms with E-state index in [2.05, 4.69) is 0 Å². The number of hydrogen-bond acceptors (Lipinski definition) is 2. The lowest BCUT2D eigenvalue weighted by Gasteiger charge is -2.39. The highest BCUT2D eigenvalue weighted by Crippen LogP contribution is 2.60. The van der Waals surface area contributed by atoms with E-state index < -0.39 is 47.4 Å². The molecule has 0 atom stereocenters. The number of nitrogens with one attached hydrogen (secondary N) is 1. The zero-order valence-corrected chi connectivity index (χ0v) is 16.2. The highest BCUT2D eigenvalue weighted by Gasteiger charge is 2.91. The fourth-order valence-electron chi connectivity index (χ4n) is 2.09. The van der Waals surface area contributed by atoms with Crippen LogP contribution < -0.4 is 10.1 Å². The minimum Gasteiger partial charge on any atom is -0.494 e. The van der Waals surface area contributed by atoms with Gasteiger partial charge >= 0.3 is 41.7 Å². The first-order chi connectivity index (χ1) is 14.7. The molecule has 0 aliphatic heterocycles. The smallest absolute Gasteiger partial charge is 0.460 e. The van der Waals surface area contributed by atoms with Crippen molar-refractivity contribution in [3.63, 3.8) is 0 Å². The Morgan fingerprint density at radius 3 is 1.64 bits per heavy atom. The molecule has 190 valence electrons. The van der Waals surface area contributed by atoms with Gasteiger partial charge in [-0.3, -0.25) is 4.79 Å². The SMILES string of the molecule is CCCCOc1ccc(NC(=O)C(F)(F)C(F)(F)C(F)(F)C(F)(F)C(F)(F)C(F)(F)F)cc1. The van der Waals surface area contributed by atoms with Crippen molar-refractivity contribution in [2.24, 2.45) is 0 Å². The molecule has 0 saturated heterocycles. The summed E-state index contributed by atoms with van der Waals surface area (Å²) in [5.74, 6) is -41.8. The van der Waals surface area contributed by atoms with E-state index in [1.54, 1.807) is 0 Å². The van der Waals surface area contributed by atoms with Crippen LogP contribution in [0.15, 0.2) is 24.3 Å². The first-order valence-corrected chi connectivity index (χ1v) is 8.68. The second-order valence-corrected chi connectivity index (χ2v) is 6.55. The molecule has 0 unspecified atom stereocenters. The van der Waals surface area contributed by atoms with Gasteiger partial charge in [-0.25, -0.2) is 0 Å². The summed E-state index contributed by atoms with van der Waals surface area (Å²) in [4.78, 5) is 11.4. The molecule has 0 aliphatic rings. The minimum atomic E-state index is -8.07. The lowest BCUT2D eigenvalue weighted by molar-refractivity contribution is -0.435. The highest BCUT2D eigenvalue weighted by atomic mass is 19.4. The zero-order chi connectivity index (χ0) is 26.1. The summed E-state index contributed by atoms with van der Waals surface area (Å²) >= 11 is 0. The van der Waals surface area contributed by atoms with E-state index in [0.717, 1.165) is 36.0 Å². The van der Waals surface area contributed by atoms with E-state index >= 15 is 0 Å². The standard InChI is InChI=1S/C17H14F13NO2/c1-2-3-8-33-10-6-4-9(5-7-10)31-11(32)12(18,19)13(20,21)14(22,23)15(24,25)16(26,27)17(28,29)30/h4-7H,2-3,8H2,1H3,(H,31,32). The molecule has 1 N–H and O–H groups in total. The number of rotatable bonds is 10. The number of amides is 1. The number of ether oxygens (including phenoxy) is 1. The molecular weight excluding hydrogens is 497 g/mol. The van der Waals surface area contributed by atoms with Crippen LogP contribution >= 0.6 is 0 Å². The van der Waals surface area contributed by atoms with Gasteiger partial charge in [-0.1, -0.05) is 13.3 Å². The highest BCUT2D eigenvalue weighted by molar-refractivity contribution is 5.97. The molecule has 1 rings (SSSR count). The van der Waals surface area contributed by atoms with Crippen molar-refractivity contribution in [1.82, 2.24) is 0 Å². The molecule has 0 heterocycles. The second kappa shape index (κ2) is 9.08. The molecule has 0 bridgehead atoms. The fourth-order valence-corrected chi connectivity index (χ4v) is 2.09. The van der Waals surface area contributed by atoms with Crippen LogP contribution in [0.3, 0.4) is 0 Å². The lowest BCUT2D eigenvalue weighted by Crippen LogP contribution is -2.71. The minimum absolute atomic E-state index is 0.0964. The number of carbonyl (C=O) groups is 1. The molecule has 0 saturated carbocycles. The number of unbranched alkanes of at least 4 members (excludes halogenated alkanes) is 1. The summed E-state index contributed by atoms with van der Waals surface area (Å²) < 4.78 is 175. The molecule has 16 heteroatoms. The molecule has 0 aliphatic carbocycles. The van der Waals surface area contributed by atoms with Crippen molar-refractivity contribution >= 4 is 11.6 Å². The number of halogens is 13. The van der Waals surface area contributed by atoms with E-state index in [1.165, 1.54) is 0 Å². The van der Waals surface area contributed by atoms with Crippen LogP contribution in [0.4, 0.5) is 62.8 Å². The van der Waals surface area contributed by atoms with Gasteiger partial charge in [0, 0.05) is 5.69 Å². The van der Waals surface area contributed by atoms with Gasteiger partial charge in [-0.15, -0.1) is 0 Å². The van der Waals surface area contributed by atoms with Crippen LogP contribution in [0.5, 0.6) is 5.75 Å².